The van der Waals surface area contributed by atoms with Crippen LogP contribution in [0.25, 0.3) is 3.58 Å². The second kappa shape index (κ2) is 5.14. The van der Waals surface area contributed by atoms with Crippen LogP contribution in [0, 0.1) is 0 Å². The summed E-state index contributed by atoms with van der Waals surface area (Å²) in [6.07, 6.45) is 0. The van der Waals surface area contributed by atoms with Gasteiger partial charge < -0.3 is 4.74 Å². The molecule has 0 aliphatic rings. The van der Waals surface area contributed by atoms with Crippen molar-refractivity contribution in [1.29, 1.82) is 0 Å². The molecule has 0 atom stereocenters. The SMILES string of the molecule is COC(=O)/C(C)=C(\I)c1ccccc1. The lowest BCUT2D eigenvalue weighted by Crippen LogP contribution is -2.02. The van der Waals surface area contributed by atoms with Crippen molar-refractivity contribution in [2.45, 2.75) is 6.92 Å². The largest absolute Gasteiger partial charge is 0.466 e. The summed E-state index contributed by atoms with van der Waals surface area (Å²) in [6.45, 7) is 1.76. The van der Waals surface area contributed by atoms with Gasteiger partial charge >= 0.3 is 5.97 Å². The van der Waals surface area contributed by atoms with Gasteiger partial charge in [0.25, 0.3) is 0 Å². The zero-order valence-electron chi connectivity index (χ0n) is 8.08. The third-order valence-electron chi connectivity index (χ3n) is 1.85. The molecule has 0 bridgehead atoms. The molecule has 0 N–H and O–H groups in total. The Morgan fingerprint density at radius 1 is 1.29 bits per heavy atom. The molecule has 0 unspecified atom stereocenters. The van der Waals surface area contributed by atoms with Crippen LogP contribution in [0.4, 0.5) is 0 Å². The van der Waals surface area contributed by atoms with Crippen molar-refractivity contribution in [2.75, 3.05) is 7.11 Å². The lowest BCUT2D eigenvalue weighted by Gasteiger charge is -2.04. The van der Waals surface area contributed by atoms with Gasteiger partial charge in [0.1, 0.15) is 0 Å². The molecule has 0 saturated heterocycles. The van der Waals surface area contributed by atoms with E-state index in [0.29, 0.717) is 5.57 Å². The Hall–Kier alpha value is -0.840. The minimum absolute atomic E-state index is 0.279. The second-order valence-corrected chi connectivity index (χ2v) is 3.88. The average molecular weight is 302 g/mol. The number of hydrogen-bond donors (Lipinski definition) is 0. The quantitative estimate of drug-likeness (QED) is 0.477. The summed E-state index contributed by atoms with van der Waals surface area (Å²) in [4.78, 5) is 11.2. The molecule has 14 heavy (non-hydrogen) atoms. The van der Waals surface area contributed by atoms with Crippen LogP contribution in [-0.2, 0) is 9.53 Å². The van der Waals surface area contributed by atoms with Gasteiger partial charge in [0, 0.05) is 9.15 Å². The maximum absolute atomic E-state index is 11.2. The number of carbonyl (C=O) groups excluding carboxylic acids is 1. The summed E-state index contributed by atoms with van der Waals surface area (Å²) in [6, 6.07) is 9.76. The number of hydrogen-bond acceptors (Lipinski definition) is 2. The number of benzene rings is 1. The Morgan fingerprint density at radius 2 is 1.86 bits per heavy atom. The normalized spacial score (nSPS) is 11.9. The Morgan fingerprint density at radius 3 is 2.36 bits per heavy atom. The molecule has 74 valence electrons. The van der Waals surface area contributed by atoms with E-state index in [2.05, 4.69) is 27.3 Å². The first-order chi connectivity index (χ1) is 6.66. The topological polar surface area (TPSA) is 26.3 Å². The molecule has 0 aromatic heterocycles. The molecule has 0 radical (unpaired) electrons. The first kappa shape index (κ1) is 11.2. The highest BCUT2D eigenvalue weighted by atomic mass is 127. The van der Waals surface area contributed by atoms with E-state index >= 15 is 0 Å². The van der Waals surface area contributed by atoms with Gasteiger partial charge in [-0.05, 0) is 35.1 Å². The van der Waals surface area contributed by atoms with Gasteiger partial charge in [-0.3, -0.25) is 0 Å². The maximum Gasteiger partial charge on any atom is 0.334 e. The standard InChI is InChI=1S/C11H11IO2/c1-8(11(13)14-2)10(12)9-6-4-3-5-7-9/h3-7H,1-2H3/b10-8-. The Bertz CT molecular complexity index is 355. The van der Waals surface area contributed by atoms with E-state index in [1.165, 1.54) is 7.11 Å². The van der Waals surface area contributed by atoms with Gasteiger partial charge in [-0.2, -0.15) is 0 Å². The van der Waals surface area contributed by atoms with E-state index in [0.717, 1.165) is 9.14 Å². The third kappa shape index (κ3) is 2.57. The highest BCUT2D eigenvalue weighted by Gasteiger charge is 2.09. The molecule has 1 aromatic carbocycles. The van der Waals surface area contributed by atoms with Crippen LogP contribution in [-0.4, -0.2) is 13.1 Å². The highest BCUT2D eigenvalue weighted by molar-refractivity contribution is 14.1. The monoisotopic (exact) mass is 302 g/mol. The predicted octanol–water partition coefficient (Wildman–Crippen LogP) is 3.03. The fourth-order valence-electron chi connectivity index (χ4n) is 1.04. The Labute approximate surface area is 97.1 Å². The van der Waals surface area contributed by atoms with Crippen molar-refractivity contribution in [3.8, 4) is 0 Å². The van der Waals surface area contributed by atoms with Crippen molar-refractivity contribution in [2.24, 2.45) is 0 Å². The van der Waals surface area contributed by atoms with Gasteiger partial charge in [0.2, 0.25) is 0 Å². The van der Waals surface area contributed by atoms with Gasteiger partial charge in [0.05, 0.1) is 7.11 Å². The number of carbonyl (C=O) groups is 1. The molecule has 1 rings (SSSR count). The highest BCUT2D eigenvalue weighted by Crippen LogP contribution is 2.25. The predicted molar refractivity (Wildman–Crippen MR) is 65.1 cm³/mol. The summed E-state index contributed by atoms with van der Waals surface area (Å²) in [7, 11) is 1.39. The van der Waals surface area contributed by atoms with E-state index in [1.807, 2.05) is 30.3 Å². The molecule has 0 aliphatic carbocycles. The lowest BCUT2D eigenvalue weighted by atomic mass is 10.1. The summed E-state index contributed by atoms with van der Waals surface area (Å²) in [5.41, 5.74) is 1.68. The number of esters is 1. The summed E-state index contributed by atoms with van der Waals surface area (Å²) >= 11 is 2.15. The van der Waals surface area contributed by atoms with E-state index in [1.54, 1.807) is 6.92 Å². The lowest BCUT2D eigenvalue weighted by molar-refractivity contribution is -0.135. The number of methoxy groups -OCH3 is 1. The van der Waals surface area contributed by atoms with Crippen LogP contribution in [0.1, 0.15) is 12.5 Å². The molecule has 0 amide bonds. The van der Waals surface area contributed by atoms with Crippen molar-refractivity contribution in [3.63, 3.8) is 0 Å². The molecule has 0 fully saturated rings. The number of halogens is 1. The second-order valence-electron chi connectivity index (χ2n) is 2.80. The number of ether oxygens (including phenoxy) is 1. The number of rotatable bonds is 2. The van der Waals surface area contributed by atoms with E-state index < -0.39 is 0 Å². The minimum atomic E-state index is -0.279. The molecule has 0 aliphatic heterocycles. The van der Waals surface area contributed by atoms with Crippen LogP contribution in [0.2, 0.25) is 0 Å². The van der Waals surface area contributed by atoms with Crippen LogP contribution in [0.5, 0.6) is 0 Å². The van der Waals surface area contributed by atoms with Gasteiger partial charge in [-0.15, -0.1) is 0 Å². The van der Waals surface area contributed by atoms with Crippen molar-refractivity contribution in [1.82, 2.24) is 0 Å². The first-order valence-corrected chi connectivity index (χ1v) is 5.24. The minimum Gasteiger partial charge on any atom is -0.466 e. The summed E-state index contributed by atoms with van der Waals surface area (Å²) < 4.78 is 5.58. The Balaban J connectivity index is 3.05. The fourth-order valence-corrected chi connectivity index (χ4v) is 1.62. The van der Waals surface area contributed by atoms with Crippen LogP contribution in [0.3, 0.4) is 0 Å². The molecule has 0 spiro atoms. The van der Waals surface area contributed by atoms with Crippen molar-refractivity contribution in [3.05, 3.63) is 41.5 Å². The Kier molecular flexibility index (Phi) is 4.13. The van der Waals surface area contributed by atoms with Crippen LogP contribution < -0.4 is 0 Å². The van der Waals surface area contributed by atoms with E-state index in [-0.39, 0.29) is 5.97 Å². The fraction of sp³-hybridized carbons (Fsp3) is 0.182. The molecule has 2 nitrogen and oxygen atoms in total. The summed E-state index contributed by atoms with van der Waals surface area (Å²) in [5.74, 6) is -0.279. The first-order valence-electron chi connectivity index (χ1n) is 4.17. The van der Waals surface area contributed by atoms with E-state index in [9.17, 15) is 4.79 Å². The third-order valence-corrected chi connectivity index (χ3v) is 3.28. The molecular weight excluding hydrogens is 291 g/mol. The van der Waals surface area contributed by atoms with Crippen molar-refractivity contribution < 1.29 is 9.53 Å². The molecule has 0 heterocycles. The van der Waals surface area contributed by atoms with E-state index in [4.69, 9.17) is 0 Å². The van der Waals surface area contributed by atoms with Gasteiger partial charge in [0.15, 0.2) is 0 Å². The van der Waals surface area contributed by atoms with Crippen LogP contribution >= 0.6 is 22.6 Å². The average Bonchev–Trinajstić information content (AvgIpc) is 2.27. The zero-order valence-corrected chi connectivity index (χ0v) is 10.2. The van der Waals surface area contributed by atoms with Crippen molar-refractivity contribution >= 4 is 32.1 Å². The summed E-state index contributed by atoms with van der Waals surface area (Å²) in [5, 5.41) is 0. The smallest absolute Gasteiger partial charge is 0.334 e. The maximum atomic E-state index is 11.2. The van der Waals surface area contributed by atoms with Gasteiger partial charge in [-0.1, -0.05) is 30.3 Å². The molecular formula is C11H11IO2. The molecule has 0 saturated carbocycles. The molecule has 1 aromatic rings. The van der Waals surface area contributed by atoms with Gasteiger partial charge in [-0.25, -0.2) is 4.79 Å². The zero-order chi connectivity index (χ0) is 10.6. The molecule has 3 heteroatoms. The van der Waals surface area contributed by atoms with Crippen LogP contribution in [0.15, 0.2) is 35.9 Å².